The van der Waals surface area contributed by atoms with E-state index < -0.39 is 15.9 Å². The average molecular weight is 551 g/mol. The van der Waals surface area contributed by atoms with Crippen molar-refractivity contribution >= 4 is 39.2 Å². The molecule has 1 aromatic heterocycles. The molecule has 0 radical (unpaired) electrons. The van der Waals surface area contributed by atoms with Gasteiger partial charge in [0.25, 0.3) is 5.91 Å². The van der Waals surface area contributed by atoms with Gasteiger partial charge in [0.2, 0.25) is 10.0 Å². The quantitative estimate of drug-likeness (QED) is 0.239. The summed E-state index contributed by atoms with van der Waals surface area (Å²) in [5.41, 5.74) is 12.8. The number of aryl methyl sites for hydroxylation is 1. The van der Waals surface area contributed by atoms with E-state index in [2.05, 4.69) is 20.0 Å². The van der Waals surface area contributed by atoms with Crippen molar-refractivity contribution in [3.63, 3.8) is 0 Å². The third kappa shape index (κ3) is 8.51. The van der Waals surface area contributed by atoms with Crippen LogP contribution in [0.3, 0.4) is 0 Å². The van der Waals surface area contributed by atoms with Crippen molar-refractivity contribution in [2.75, 3.05) is 51.7 Å². The molecule has 1 aromatic carbocycles. The van der Waals surface area contributed by atoms with Gasteiger partial charge in [-0.15, -0.1) is 0 Å². The first-order valence-corrected chi connectivity index (χ1v) is 11.6. The maximum atomic E-state index is 12.4. The molecule has 0 unspecified atom stereocenters. The van der Waals surface area contributed by atoms with Gasteiger partial charge in [0.05, 0.1) is 46.0 Å². The van der Waals surface area contributed by atoms with Crippen LogP contribution in [0.25, 0.3) is 0 Å². The lowest BCUT2D eigenvalue weighted by molar-refractivity contribution is -0.887. The number of sulfonamides is 1. The Hall–Kier alpha value is -1.99. The predicted molar refractivity (Wildman–Crippen MR) is 122 cm³/mol. The number of aromatic nitrogens is 2. The summed E-state index contributed by atoms with van der Waals surface area (Å²) in [5, 5.41) is 2.62. The molecule has 2 aromatic rings. The maximum Gasteiger partial charge on any atom is 0.273 e. The van der Waals surface area contributed by atoms with Gasteiger partial charge in [-0.2, -0.15) is 0 Å². The number of hydrogen-bond donors (Lipinski definition) is 4. The fourth-order valence-electron chi connectivity index (χ4n) is 2.81. The number of nitrogen functional groups attached to an aromatic ring is 2. The zero-order chi connectivity index (χ0) is 23.2. The molecule has 0 aliphatic carbocycles. The molecule has 10 nitrogen and oxygen atoms in total. The van der Waals surface area contributed by atoms with Crippen LogP contribution in [0.2, 0.25) is 5.15 Å². The molecule has 13 heteroatoms. The molecule has 1 heterocycles. The molecule has 0 saturated heterocycles. The van der Waals surface area contributed by atoms with Crippen molar-refractivity contribution in [3.8, 4) is 0 Å². The number of quaternary nitrogens is 1. The molecule has 0 saturated carbocycles. The van der Waals surface area contributed by atoms with E-state index in [9.17, 15) is 13.2 Å². The number of rotatable bonds is 10. The topological polar surface area (TPSA) is 153 Å². The highest BCUT2D eigenvalue weighted by Crippen LogP contribution is 2.17. The summed E-state index contributed by atoms with van der Waals surface area (Å²) >= 11 is 5.80. The number of hydrogen-bond acceptors (Lipinski definition) is 7. The Morgan fingerprint density at radius 1 is 1.09 bits per heavy atom. The molecule has 32 heavy (non-hydrogen) atoms. The van der Waals surface area contributed by atoms with Gasteiger partial charge in [-0.3, -0.25) is 4.79 Å². The van der Waals surface area contributed by atoms with E-state index in [0.29, 0.717) is 24.1 Å². The minimum Gasteiger partial charge on any atom is -1.00 e. The molecule has 0 atom stereocenters. The Labute approximate surface area is 204 Å². The summed E-state index contributed by atoms with van der Waals surface area (Å²) in [6, 6.07) is 7.39. The number of halogens is 2. The number of benzene rings is 1. The highest BCUT2D eigenvalue weighted by Gasteiger charge is 2.20. The molecule has 0 aliphatic heterocycles. The number of amides is 1. The Balaban J connectivity index is 0.00000512. The Morgan fingerprint density at radius 3 is 2.38 bits per heavy atom. The number of anilines is 2. The molecule has 2 rings (SSSR count). The minimum absolute atomic E-state index is 0. The summed E-state index contributed by atoms with van der Waals surface area (Å²) in [6.07, 6.45) is 0. The normalized spacial score (nSPS) is 11.6. The summed E-state index contributed by atoms with van der Waals surface area (Å²) in [6.45, 7) is 3.59. The van der Waals surface area contributed by atoms with Gasteiger partial charge in [-0.25, -0.2) is 23.1 Å². The van der Waals surface area contributed by atoms with E-state index in [1.807, 2.05) is 45.3 Å². The monoisotopic (exact) mass is 549 g/mol. The molecule has 178 valence electrons. The van der Waals surface area contributed by atoms with Gasteiger partial charge < -0.3 is 38.2 Å². The van der Waals surface area contributed by atoms with Crippen LogP contribution in [0.4, 0.5) is 11.6 Å². The molecular weight excluding hydrogens is 522 g/mol. The summed E-state index contributed by atoms with van der Waals surface area (Å²) in [5.74, 6) is -0.712. The van der Waals surface area contributed by atoms with E-state index in [4.69, 9.17) is 23.1 Å². The van der Waals surface area contributed by atoms with Crippen molar-refractivity contribution < 1.29 is 34.7 Å². The highest BCUT2D eigenvalue weighted by molar-refractivity contribution is 7.88. The van der Waals surface area contributed by atoms with Crippen LogP contribution in [0.5, 0.6) is 0 Å². The number of likely N-dealkylation sites (N-methyl/N-ethyl adjacent to an activating group) is 1. The van der Waals surface area contributed by atoms with Crippen LogP contribution >= 0.6 is 11.6 Å². The standard InChI is InChI=1S/C19H28ClN7O3S.BrH/c1-13-6-4-5-7-14(13)12-31(29,30)24-9-11-27(2,3)10-8-23-19(28)15-17(21)26-18(22)16(20)25-15;/h4-7,24H,8-12H2,1-3H3,(H4-,21,22,23,26,28);1H. The van der Waals surface area contributed by atoms with Gasteiger partial charge in [-0.1, -0.05) is 35.9 Å². The number of nitrogens with two attached hydrogens (primary N) is 2. The van der Waals surface area contributed by atoms with E-state index in [-0.39, 0.29) is 51.8 Å². The third-order valence-electron chi connectivity index (χ3n) is 4.77. The molecule has 0 fully saturated rings. The fraction of sp³-hybridized carbons (Fsp3) is 0.421. The van der Waals surface area contributed by atoms with Crippen molar-refractivity contribution in [1.29, 1.82) is 0 Å². The molecule has 1 amide bonds. The second-order valence-corrected chi connectivity index (χ2v) is 10.0. The van der Waals surface area contributed by atoms with Crippen molar-refractivity contribution in [1.82, 2.24) is 20.0 Å². The van der Waals surface area contributed by atoms with Gasteiger partial charge in [0.15, 0.2) is 22.5 Å². The van der Waals surface area contributed by atoms with Crippen molar-refractivity contribution in [2.45, 2.75) is 12.7 Å². The molecule has 0 bridgehead atoms. The van der Waals surface area contributed by atoms with Crippen molar-refractivity contribution in [3.05, 3.63) is 46.2 Å². The minimum atomic E-state index is -3.44. The first-order chi connectivity index (χ1) is 14.4. The van der Waals surface area contributed by atoms with E-state index in [1.165, 1.54) is 0 Å². The smallest absolute Gasteiger partial charge is 0.273 e. The SMILES string of the molecule is Cc1ccccc1CS(=O)(=O)NCC[N+](C)(C)CCNC(=O)c1nc(Cl)c(N)nc1N.[Br-]. The van der Waals surface area contributed by atoms with Crippen LogP contribution in [0.15, 0.2) is 24.3 Å². The van der Waals surface area contributed by atoms with Crippen LogP contribution in [-0.4, -0.2) is 69.1 Å². The molecule has 6 N–H and O–H groups in total. The fourth-order valence-corrected chi connectivity index (χ4v) is 4.17. The average Bonchev–Trinajstić information content (AvgIpc) is 2.65. The zero-order valence-electron chi connectivity index (χ0n) is 18.2. The first-order valence-electron chi connectivity index (χ1n) is 9.61. The molecular formula is C19H29BrClN7O3S. The highest BCUT2D eigenvalue weighted by atomic mass is 79.9. The number of carbonyl (C=O) groups excluding carboxylic acids is 1. The second kappa shape index (κ2) is 11.8. The second-order valence-electron chi connectivity index (χ2n) is 7.85. The Morgan fingerprint density at radius 2 is 1.72 bits per heavy atom. The van der Waals surface area contributed by atoms with Gasteiger partial charge >= 0.3 is 0 Å². The largest absolute Gasteiger partial charge is 1.00 e. The molecule has 0 spiro atoms. The van der Waals surface area contributed by atoms with Crippen LogP contribution in [0.1, 0.15) is 21.6 Å². The third-order valence-corrected chi connectivity index (χ3v) is 6.38. The lowest BCUT2D eigenvalue weighted by Gasteiger charge is -2.30. The molecule has 0 aliphatic rings. The van der Waals surface area contributed by atoms with Gasteiger partial charge in [-0.05, 0) is 18.1 Å². The first kappa shape index (κ1) is 28.0. The van der Waals surface area contributed by atoms with Gasteiger partial charge in [0.1, 0.15) is 0 Å². The van der Waals surface area contributed by atoms with Crippen LogP contribution in [-0.2, 0) is 15.8 Å². The van der Waals surface area contributed by atoms with E-state index >= 15 is 0 Å². The van der Waals surface area contributed by atoms with E-state index in [1.54, 1.807) is 0 Å². The lowest BCUT2D eigenvalue weighted by atomic mass is 10.1. The zero-order valence-corrected chi connectivity index (χ0v) is 21.4. The number of nitrogens with zero attached hydrogens (tertiary/aromatic N) is 3. The number of carbonyl (C=O) groups is 1. The lowest BCUT2D eigenvalue weighted by Crippen LogP contribution is -3.00. The Kier molecular flexibility index (Phi) is 10.3. The van der Waals surface area contributed by atoms with Crippen LogP contribution in [0, 0.1) is 6.92 Å². The summed E-state index contributed by atoms with van der Waals surface area (Å²) in [4.78, 5) is 19.9. The number of nitrogens with one attached hydrogen (secondary N) is 2. The maximum absolute atomic E-state index is 12.4. The Bertz CT molecular complexity index is 1050. The van der Waals surface area contributed by atoms with Gasteiger partial charge in [0, 0.05) is 0 Å². The summed E-state index contributed by atoms with van der Waals surface area (Å²) < 4.78 is 27.9. The van der Waals surface area contributed by atoms with Crippen molar-refractivity contribution in [2.24, 2.45) is 0 Å². The predicted octanol–water partition coefficient (Wildman–Crippen LogP) is -2.47. The van der Waals surface area contributed by atoms with Crippen LogP contribution < -0.4 is 38.5 Å². The summed E-state index contributed by atoms with van der Waals surface area (Å²) in [7, 11) is 0.438. The van der Waals surface area contributed by atoms with E-state index in [0.717, 1.165) is 11.1 Å².